The third-order valence-electron chi connectivity index (χ3n) is 2.33. The van der Waals surface area contributed by atoms with Crippen LogP contribution < -0.4 is 0 Å². The molecule has 0 aliphatic rings. The second-order valence-corrected chi connectivity index (χ2v) is 4.45. The zero-order valence-corrected chi connectivity index (χ0v) is 9.25. The van der Waals surface area contributed by atoms with E-state index in [4.69, 9.17) is 0 Å². The van der Waals surface area contributed by atoms with E-state index in [0.717, 1.165) is 10.4 Å². The summed E-state index contributed by atoms with van der Waals surface area (Å²) in [6.07, 6.45) is 3.19. The van der Waals surface area contributed by atoms with Gasteiger partial charge >= 0.3 is 0 Å². The van der Waals surface area contributed by atoms with Gasteiger partial charge in [-0.25, -0.2) is 15.0 Å². The van der Waals surface area contributed by atoms with Crippen LogP contribution in [0, 0.1) is 6.92 Å². The summed E-state index contributed by atoms with van der Waals surface area (Å²) in [6.45, 7) is 1.94. The molecular weight excluding hydrogens is 224 g/mol. The lowest BCUT2D eigenvalue weighted by Crippen LogP contribution is -1.80. The van der Waals surface area contributed by atoms with E-state index in [1.165, 1.54) is 11.3 Å². The SMILES string of the molecule is Cc1scc(O)c1-c1nc2nccnc2[nH]1. The van der Waals surface area contributed by atoms with Crippen LogP contribution in [-0.2, 0) is 0 Å². The molecule has 0 saturated carbocycles. The molecule has 80 valence electrons. The van der Waals surface area contributed by atoms with Gasteiger partial charge in [0.15, 0.2) is 11.3 Å². The van der Waals surface area contributed by atoms with E-state index in [9.17, 15) is 5.11 Å². The van der Waals surface area contributed by atoms with Gasteiger partial charge in [0.1, 0.15) is 11.6 Å². The lowest BCUT2D eigenvalue weighted by atomic mass is 10.2. The number of H-pyrrole nitrogens is 1. The average Bonchev–Trinajstić information content (AvgIpc) is 2.82. The Morgan fingerprint density at radius 2 is 2.12 bits per heavy atom. The number of hydrogen-bond donors (Lipinski definition) is 2. The number of aromatic nitrogens is 4. The Balaban J connectivity index is 2.27. The standard InChI is InChI=1S/C10H8N4OS/c1-5-7(6(15)4-16-5)8-13-9-10(14-8)12-3-2-11-9/h2-4,15H,1H3,(H,11,12,13,14). The lowest BCUT2D eigenvalue weighted by molar-refractivity contribution is 0.479. The molecule has 3 aromatic rings. The van der Waals surface area contributed by atoms with Crippen LogP contribution in [0.3, 0.4) is 0 Å². The van der Waals surface area contributed by atoms with E-state index in [-0.39, 0.29) is 5.75 Å². The quantitative estimate of drug-likeness (QED) is 0.673. The average molecular weight is 232 g/mol. The topological polar surface area (TPSA) is 74.7 Å². The first-order valence-corrected chi connectivity index (χ1v) is 5.58. The molecule has 3 aromatic heterocycles. The van der Waals surface area contributed by atoms with E-state index < -0.39 is 0 Å². The smallest absolute Gasteiger partial charge is 0.197 e. The van der Waals surface area contributed by atoms with Crippen LogP contribution >= 0.6 is 11.3 Å². The van der Waals surface area contributed by atoms with Crippen LogP contribution in [-0.4, -0.2) is 25.0 Å². The number of imidazole rings is 1. The number of nitrogens with zero attached hydrogens (tertiary/aromatic N) is 3. The van der Waals surface area contributed by atoms with Crippen molar-refractivity contribution < 1.29 is 5.11 Å². The molecule has 0 aromatic carbocycles. The van der Waals surface area contributed by atoms with Crippen LogP contribution in [0.1, 0.15) is 4.88 Å². The van der Waals surface area contributed by atoms with E-state index in [1.807, 2.05) is 6.92 Å². The van der Waals surface area contributed by atoms with Crippen LogP contribution in [0.2, 0.25) is 0 Å². The summed E-state index contributed by atoms with van der Waals surface area (Å²) < 4.78 is 0. The van der Waals surface area contributed by atoms with Crippen molar-refractivity contribution in [3.05, 3.63) is 22.7 Å². The molecule has 0 spiro atoms. The van der Waals surface area contributed by atoms with Gasteiger partial charge in [0.05, 0.1) is 5.56 Å². The van der Waals surface area contributed by atoms with Crippen molar-refractivity contribution in [3.8, 4) is 17.1 Å². The van der Waals surface area contributed by atoms with E-state index in [1.54, 1.807) is 17.8 Å². The molecule has 0 atom stereocenters. The van der Waals surface area contributed by atoms with Gasteiger partial charge in [0.2, 0.25) is 0 Å². The third-order valence-corrected chi connectivity index (χ3v) is 3.22. The highest BCUT2D eigenvalue weighted by atomic mass is 32.1. The third kappa shape index (κ3) is 1.27. The van der Waals surface area contributed by atoms with Crippen molar-refractivity contribution in [2.24, 2.45) is 0 Å². The summed E-state index contributed by atoms with van der Waals surface area (Å²) in [4.78, 5) is 16.5. The molecule has 6 heteroatoms. The fourth-order valence-corrected chi connectivity index (χ4v) is 2.32. The number of aromatic hydroxyl groups is 1. The number of fused-ring (bicyclic) bond motifs is 1. The monoisotopic (exact) mass is 232 g/mol. The minimum absolute atomic E-state index is 0.238. The van der Waals surface area contributed by atoms with Crippen molar-refractivity contribution in [2.75, 3.05) is 0 Å². The van der Waals surface area contributed by atoms with Crippen LogP contribution in [0.25, 0.3) is 22.7 Å². The van der Waals surface area contributed by atoms with Crippen LogP contribution in [0.15, 0.2) is 17.8 Å². The summed E-state index contributed by atoms with van der Waals surface area (Å²) in [7, 11) is 0. The van der Waals surface area contributed by atoms with Gasteiger partial charge in [-0.3, -0.25) is 0 Å². The summed E-state index contributed by atoms with van der Waals surface area (Å²) in [5.41, 5.74) is 1.91. The highest BCUT2D eigenvalue weighted by molar-refractivity contribution is 7.10. The first-order chi connectivity index (χ1) is 7.75. The van der Waals surface area contributed by atoms with E-state index in [2.05, 4.69) is 19.9 Å². The molecule has 0 bridgehead atoms. The van der Waals surface area contributed by atoms with Gasteiger partial charge in [-0.2, -0.15) is 0 Å². The summed E-state index contributed by atoms with van der Waals surface area (Å²) in [5.74, 6) is 0.846. The molecule has 3 heterocycles. The Morgan fingerprint density at radius 3 is 2.81 bits per heavy atom. The molecule has 0 radical (unpaired) electrons. The van der Waals surface area contributed by atoms with Gasteiger partial charge in [-0.05, 0) is 6.92 Å². The number of nitrogens with one attached hydrogen (secondary N) is 1. The highest BCUT2D eigenvalue weighted by Gasteiger charge is 2.14. The van der Waals surface area contributed by atoms with Gasteiger partial charge in [-0.15, -0.1) is 11.3 Å². The first kappa shape index (κ1) is 9.29. The van der Waals surface area contributed by atoms with Crippen molar-refractivity contribution in [2.45, 2.75) is 6.92 Å². The molecule has 0 unspecified atom stereocenters. The number of rotatable bonds is 1. The maximum Gasteiger partial charge on any atom is 0.197 e. The molecule has 3 rings (SSSR count). The van der Waals surface area contributed by atoms with Crippen LogP contribution in [0.4, 0.5) is 0 Å². The molecule has 16 heavy (non-hydrogen) atoms. The number of aromatic amines is 1. The number of thiophene rings is 1. The lowest BCUT2D eigenvalue weighted by Gasteiger charge is -1.94. The second kappa shape index (κ2) is 3.28. The Kier molecular flexibility index (Phi) is 1.90. The summed E-state index contributed by atoms with van der Waals surface area (Å²) in [6, 6.07) is 0. The molecule has 0 aliphatic heterocycles. The number of aryl methyl sites for hydroxylation is 1. The van der Waals surface area contributed by atoms with Crippen molar-refractivity contribution in [1.29, 1.82) is 0 Å². The minimum Gasteiger partial charge on any atom is -0.506 e. The van der Waals surface area contributed by atoms with E-state index >= 15 is 0 Å². The minimum atomic E-state index is 0.238. The fraction of sp³-hybridized carbons (Fsp3) is 0.100. The fourth-order valence-electron chi connectivity index (χ4n) is 1.60. The maximum atomic E-state index is 9.72. The predicted molar refractivity (Wildman–Crippen MR) is 61.4 cm³/mol. The van der Waals surface area contributed by atoms with E-state index in [0.29, 0.717) is 17.1 Å². The van der Waals surface area contributed by atoms with Gasteiger partial charge < -0.3 is 10.1 Å². The number of hydrogen-bond acceptors (Lipinski definition) is 5. The zero-order chi connectivity index (χ0) is 11.1. The largest absolute Gasteiger partial charge is 0.506 e. The van der Waals surface area contributed by atoms with Crippen molar-refractivity contribution >= 4 is 22.6 Å². The highest BCUT2D eigenvalue weighted by Crippen LogP contribution is 2.35. The normalized spacial score (nSPS) is 11.1. The predicted octanol–water partition coefficient (Wildman–Crippen LogP) is 2.10. The Bertz CT molecular complexity index is 605. The summed E-state index contributed by atoms with van der Waals surface area (Å²) in [5, 5.41) is 11.4. The molecular formula is C10H8N4OS. The zero-order valence-electron chi connectivity index (χ0n) is 8.43. The van der Waals surface area contributed by atoms with Crippen molar-refractivity contribution in [1.82, 2.24) is 19.9 Å². The second-order valence-electron chi connectivity index (χ2n) is 3.37. The molecule has 0 aliphatic carbocycles. The van der Waals surface area contributed by atoms with Gasteiger partial charge in [0, 0.05) is 22.7 Å². The molecule has 0 amide bonds. The summed E-state index contributed by atoms with van der Waals surface area (Å²) >= 11 is 1.48. The Labute approximate surface area is 94.8 Å². The molecule has 0 saturated heterocycles. The molecule has 2 N–H and O–H groups in total. The van der Waals surface area contributed by atoms with Gasteiger partial charge in [0.25, 0.3) is 0 Å². The maximum absolute atomic E-state index is 9.72. The molecule has 5 nitrogen and oxygen atoms in total. The Morgan fingerprint density at radius 1 is 1.31 bits per heavy atom. The van der Waals surface area contributed by atoms with Crippen molar-refractivity contribution in [3.63, 3.8) is 0 Å². The van der Waals surface area contributed by atoms with Gasteiger partial charge in [-0.1, -0.05) is 0 Å². The molecule has 0 fully saturated rings. The Hall–Kier alpha value is -1.95. The van der Waals surface area contributed by atoms with Crippen LogP contribution in [0.5, 0.6) is 5.75 Å². The first-order valence-electron chi connectivity index (χ1n) is 4.70.